The minimum atomic E-state index is -0.445. The van der Waals surface area contributed by atoms with E-state index in [1.54, 1.807) is 12.4 Å². The maximum absolute atomic E-state index is 6.15. The van der Waals surface area contributed by atoms with E-state index in [0.29, 0.717) is 0 Å². The first kappa shape index (κ1) is 9.46. The highest BCUT2D eigenvalue weighted by Crippen LogP contribution is 2.28. The Labute approximate surface area is 84.3 Å². The topological polar surface area (TPSA) is 48.1 Å². The van der Waals surface area contributed by atoms with Gasteiger partial charge < -0.3 is 4.74 Å². The van der Waals surface area contributed by atoms with Crippen LogP contribution in [0, 0.1) is 0 Å². The van der Waals surface area contributed by atoms with Crippen LogP contribution < -0.4 is 10.5 Å². The molecule has 0 bridgehead atoms. The van der Waals surface area contributed by atoms with Crippen LogP contribution in [0.1, 0.15) is 32.1 Å². The van der Waals surface area contributed by atoms with Crippen molar-refractivity contribution in [3.05, 3.63) is 24.5 Å². The molecule has 0 unspecified atom stereocenters. The molecule has 1 aliphatic rings. The van der Waals surface area contributed by atoms with Gasteiger partial charge in [0.25, 0.3) is 0 Å². The maximum atomic E-state index is 6.15. The van der Waals surface area contributed by atoms with Gasteiger partial charge in [-0.1, -0.05) is 6.42 Å². The molecule has 0 atom stereocenters. The molecule has 1 aliphatic carbocycles. The van der Waals surface area contributed by atoms with Crippen molar-refractivity contribution in [2.75, 3.05) is 0 Å². The molecule has 0 spiro atoms. The summed E-state index contributed by atoms with van der Waals surface area (Å²) in [7, 11) is 0. The predicted molar refractivity (Wildman–Crippen MR) is 54.9 cm³/mol. The van der Waals surface area contributed by atoms with E-state index in [-0.39, 0.29) is 0 Å². The van der Waals surface area contributed by atoms with E-state index in [2.05, 4.69) is 4.98 Å². The second-order valence-corrected chi connectivity index (χ2v) is 3.91. The molecular weight excluding hydrogens is 176 g/mol. The number of hydrogen-bond acceptors (Lipinski definition) is 3. The zero-order chi connectivity index (χ0) is 9.86. The fourth-order valence-electron chi connectivity index (χ4n) is 1.89. The van der Waals surface area contributed by atoms with Crippen LogP contribution in [0.2, 0.25) is 0 Å². The van der Waals surface area contributed by atoms with Gasteiger partial charge in [0.15, 0.2) is 5.72 Å². The smallest absolute Gasteiger partial charge is 0.158 e. The molecule has 76 valence electrons. The predicted octanol–water partition coefficient (Wildman–Crippen LogP) is 2.08. The number of nitrogens with two attached hydrogens (primary N) is 1. The van der Waals surface area contributed by atoms with Crippen molar-refractivity contribution in [2.24, 2.45) is 5.73 Å². The molecule has 1 aromatic heterocycles. The highest BCUT2D eigenvalue weighted by atomic mass is 16.5. The quantitative estimate of drug-likeness (QED) is 0.730. The first-order valence-corrected chi connectivity index (χ1v) is 5.16. The van der Waals surface area contributed by atoms with Gasteiger partial charge in [-0.25, -0.2) is 0 Å². The van der Waals surface area contributed by atoms with E-state index in [0.717, 1.165) is 18.6 Å². The summed E-state index contributed by atoms with van der Waals surface area (Å²) in [6, 6.07) is 3.70. The number of nitrogens with zero attached hydrogens (tertiary/aromatic N) is 1. The summed E-state index contributed by atoms with van der Waals surface area (Å²) >= 11 is 0. The molecule has 3 nitrogen and oxygen atoms in total. The summed E-state index contributed by atoms with van der Waals surface area (Å²) in [5, 5.41) is 0. The molecule has 1 heterocycles. The van der Waals surface area contributed by atoms with Crippen molar-refractivity contribution in [2.45, 2.75) is 37.8 Å². The van der Waals surface area contributed by atoms with E-state index in [1.165, 1.54) is 19.3 Å². The van der Waals surface area contributed by atoms with Crippen molar-refractivity contribution in [1.82, 2.24) is 4.98 Å². The lowest BCUT2D eigenvalue weighted by molar-refractivity contribution is 0.0364. The lowest BCUT2D eigenvalue weighted by atomic mass is 9.92. The van der Waals surface area contributed by atoms with Crippen molar-refractivity contribution in [1.29, 1.82) is 0 Å². The SMILES string of the molecule is NC1(Oc2ccncc2)CCCCC1. The Morgan fingerprint density at radius 3 is 2.43 bits per heavy atom. The fraction of sp³-hybridized carbons (Fsp3) is 0.545. The highest BCUT2D eigenvalue weighted by molar-refractivity contribution is 5.18. The largest absolute Gasteiger partial charge is 0.473 e. The third kappa shape index (κ3) is 2.23. The zero-order valence-corrected chi connectivity index (χ0v) is 8.28. The summed E-state index contributed by atoms with van der Waals surface area (Å²) in [5.41, 5.74) is 5.70. The van der Waals surface area contributed by atoms with Gasteiger partial charge in [0.05, 0.1) is 0 Å². The van der Waals surface area contributed by atoms with Crippen LogP contribution in [-0.2, 0) is 0 Å². The first-order valence-electron chi connectivity index (χ1n) is 5.16. The third-order valence-electron chi connectivity index (χ3n) is 2.67. The summed E-state index contributed by atoms with van der Waals surface area (Å²) in [6.07, 6.45) is 8.97. The molecule has 2 N–H and O–H groups in total. The summed E-state index contributed by atoms with van der Waals surface area (Å²) in [5.74, 6) is 0.824. The molecule has 0 aliphatic heterocycles. The number of hydrogen-bond donors (Lipinski definition) is 1. The molecule has 3 heteroatoms. The van der Waals surface area contributed by atoms with Gasteiger partial charge in [-0.15, -0.1) is 0 Å². The highest BCUT2D eigenvalue weighted by Gasteiger charge is 2.29. The molecule has 1 saturated carbocycles. The van der Waals surface area contributed by atoms with Gasteiger partial charge in [0, 0.05) is 25.2 Å². The first-order chi connectivity index (χ1) is 6.79. The number of aromatic nitrogens is 1. The lowest BCUT2D eigenvalue weighted by Crippen LogP contribution is -2.47. The van der Waals surface area contributed by atoms with E-state index < -0.39 is 5.72 Å². The van der Waals surface area contributed by atoms with Gasteiger partial charge >= 0.3 is 0 Å². The average Bonchev–Trinajstić information content (AvgIpc) is 2.19. The molecular formula is C11H16N2O. The van der Waals surface area contributed by atoms with Gasteiger partial charge in [0.2, 0.25) is 0 Å². The van der Waals surface area contributed by atoms with Crippen LogP contribution in [0.4, 0.5) is 0 Å². The Bertz CT molecular complexity index is 281. The zero-order valence-electron chi connectivity index (χ0n) is 8.28. The van der Waals surface area contributed by atoms with Gasteiger partial charge in [0.1, 0.15) is 5.75 Å². The number of pyridine rings is 1. The van der Waals surface area contributed by atoms with E-state index in [1.807, 2.05) is 12.1 Å². The maximum Gasteiger partial charge on any atom is 0.158 e. The summed E-state index contributed by atoms with van der Waals surface area (Å²) in [6.45, 7) is 0. The Hall–Kier alpha value is -1.09. The molecule has 0 amide bonds. The Morgan fingerprint density at radius 1 is 1.14 bits per heavy atom. The molecule has 1 fully saturated rings. The Morgan fingerprint density at radius 2 is 1.79 bits per heavy atom. The third-order valence-corrected chi connectivity index (χ3v) is 2.67. The lowest BCUT2D eigenvalue weighted by Gasteiger charge is -2.33. The molecule has 1 aromatic rings. The van der Waals surface area contributed by atoms with Crippen molar-refractivity contribution >= 4 is 0 Å². The molecule has 14 heavy (non-hydrogen) atoms. The van der Waals surface area contributed by atoms with Crippen LogP contribution in [0.15, 0.2) is 24.5 Å². The summed E-state index contributed by atoms with van der Waals surface area (Å²) in [4.78, 5) is 3.94. The van der Waals surface area contributed by atoms with Gasteiger partial charge in [-0.2, -0.15) is 0 Å². The minimum absolute atomic E-state index is 0.445. The second kappa shape index (κ2) is 3.96. The minimum Gasteiger partial charge on any atom is -0.473 e. The molecule has 0 saturated heterocycles. The van der Waals surface area contributed by atoms with E-state index in [9.17, 15) is 0 Å². The van der Waals surface area contributed by atoms with Crippen LogP contribution in [-0.4, -0.2) is 10.7 Å². The van der Waals surface area contributed by atoms with Crippen molar-refractivity contribution in [3.63, 3.8) is 0 Å². The molecule has 2 rings (SSSR count). The molecule has 0 aromatic carbocycles. The monoisotopic (exact) mass is 192 g/mol. The normalized spacial score (nSPS) is 20.4. The van der Waals surface area contributed by atoms with Gasteiger partial charge in [-0.3, -0.25) is 10.7 Å². The number of ether oxygens (including phenoxy) is 1. The van der Waals surface area contributed by atoms with E-state index >= 15 is 0 Å². The Kier molecular flexibility index (Phi) is 2.68. The van der Waals surface area contributed by atoms with Crippen LogP contribution >= 0.6 is 0 Å². The standard InChI is InChI=1S/C11H16N2O/c12-11(6-2-1-3-7-11)14-10-4-8-13-9-5-10/h4-5,8-9H,1-3,6-7,12H2. The average molecular weight is 192 g/mol. The second-order valence-electron chi connectivity index (χ2n) is 3.91. The van der Waals surface area contributed by atoms with Crippen molar-refractivity contribution in [3.8, 4) is 5.75 Å². The van der Waals surface area contributed by atoms with E-state index in [4.69, 9.17) is 10.5 Å². The summed E-state index contributed by atoms with van der Waals surface area (Å²) < 4.78 is 5.78. The number of rotatable bonds is 2. The molecule has 0 radical (unpaired) electrons. The fourth-order valence-corrected chi connectivity index (χ4v) is 1.89. The van der Waals surface area contributed by atoms with Crippen molar-refractivity contribution < 1.29 is 4.74 Å². The van der Waals surface area contributed by atoms with Crippen LogP contribution in [0.3, 0.4) is 0 Å². The Balaban J connectivity index is 2.02. The van der Waals surface area contributed by atoms with Gasteiger partial charge in [-0.05, 0) is 25.0 Å². The van der Waals surface area contributed by atoms with Crippen LogP contribution in [0.25, 0.3) is 0 Å². The van der Waals surface area contributed by atoms with Crippen LogP contribution in [0.5, 0.6) is 5.75 Å².